The fourth-order valence-electron chi connectivity index (χ4n) is 1.61. The van der Waals surface area contributed by atoms with E-state index in [-0.39, 0.29) is 17.5 Å². The van der Waals surface area contributed by atoms with Crippen molar-refractivity contribution in [2.45, 2.75) is 25.8 Å². The zero-order valence-corrected chi connectivity index (χ0v) is 12.5. The highest BCUT2D eigenvalue weighted by atomic mass is 35.5. The SMILES string of the molecule is CCCC(NCC(=O)Nc1cccc(Cl)c1Cl)C(=O)O. The van der Waals surface area contributed by atoms with Crippen molar-refractivity contribution < 1.29 is 14.7 Å². The lowest BCUT2D eigenvalue weighted by Gasteiger charge is -2.13. The van der Waals surface area contributed by atoms with Crippen LogP contribution in [-0.2, 0) is 9.59 Å². The molecule has 1 unspecified atom stereocenters. The number of hydrogen-bond acceptors (Lipinski definition) is 3. The lowest BCUT2D eigenvalue weighted by atomic mass is 10.2. The summed E-state index contributed by atoms with van der Waals surface area (Å²) in [7, 11) is 0. The van der Waals surface area contributed by atoms with E-state index in [0.29, 0.717) is 23.6 Å². The van der Waals surface area contributed by atoms with Crippen LogP contribution >= 0.6 is 23.2 Å². The summed E-state index contributed by atoms with van der Waals surface area (Å²) in [6.07, 6.45) is 1.17. The fourth-order valence-corrected chi connectivity index (χ4v) is 1.96. The fraction of sp³-hybridized carbons (Fsp3) is 0.385. The van der Waals surface area contributed by atoms with Gasteiger partial charge in [-0.1, -0.05) is 42.6 Å². The van der Waals surface area contributed by atoms with Gasteiger partial charge in [0.15, 0.2) is 0 Å². The molecular formula is C13H16Cl2N2O3. The lowest BCUT2D eigenvalue weighted by Crippen LogP contribution is -2.41. The van der Waals surface area contributed by atoms with Crippen molar-refractivity contribution in [3.8, 4) is 0 Å². The monoisotopic (exact) mass is 318 g/mol. The predicted molar refractivity (Wildman–Crippen MR) is 79.4 cm³/mol. The Bertz CT molecular complexity index is 495. The Hall–Kier alpha value is -1.30. The summed E-state index contributed by atoms with van der Waals surface area (Å²) in [5.41, 5.74) is 0.397. The minimum atomic E-state index is -0.972. The van der Waals surface area contributed by atoms with Gasteiger partial charge in [-0.05, 0) is 18.6 Å². The van der Waals surface area contributed by atoms with Gasteiger partial charge < -0.3 is 10.4 Å². The molecule has 0 saturated heterocycles. The molecule has 1 atom stereocenters. The molecule has 0 aliphatic rings. The van der Waals surface area contributed by atoms with Gasteiger partial charge in [0, 0.05) is 0 Å². The molecule has 0 aromatic heterocycles. The smallest absolute Gasteiger partial charge is 0.320 e. The lowest BCUT2D eigenvalue weighted by molar-refractivity contribution is -0.139. The normalized spacial score (nSPS) is 11.9. The van der Waals surface area contributed by atoms with Crippen LogP contribution in [0.5, 0.6) is 0 Å². The van der Waals surface area contributed by atoms with Gasteiger partial charge in [0.05, 0.1) is 22.3 Å². The third-order valence-electron chi connectivity index (χ3n) is 2.61. The van der Waals surface area contributed by atoms with Crippen LogP contribution in [0.3, 0.4) is 0 Å². The molecule has 0 spiro atoms. The minimum Gasteiger partial charge on any atom is -0.480 e. The summed E-state index contributed by atoms with van der Waals surface area (Å²) in [6.45, 7) is 1.77. The largest absolute Gasteiger partial charge is 0.480 e. The highest BCUT2D eigenvalue weighted by molar-refractivity contribution is 6.43. The van der Waals surface area contributed by atoms with Crippen molar-refractivity contribution in [2.75, 3.05) is 11.9 Å². The van der Waals surface area contributed by atoms with E-state index in [1.54, 1.807) is 18.2 Å². The molecule has 0 fully saturated rings. The first-order valence-corrected chi connectivity index (χ1v) is 6.91. The summed E-state index contributed by atoms with van der Waals surface area (Å²) in [5.74, 6) is -1.35. The van der Waals surface area contributed by atoms with Gasteiger partial charge in [0.25, 0.3) is 0 Å². The van der Waals surface area contributed by atoms with E-state index in [2.05, 4.69) is 10.6 Å². The second kappa shape index (κ2) is 8.09. The number of carbonyl (C=O) groups excluding carboxylic acids is 1. The number of anilines is 1. The first kappa shape index (κ1) is 16.8. The quantitative estimate of drug-likeness (QED) is 0.722. The molecule has 20 heavy (non-hydrogen) atoms. The molecular weight excluding hydrogens is 303 g/mol. The summed E-state index contributed by atoms with van der Waals surface area (Å²) in [5, 5.41) is 14.8. The van der Waals surface area contributed by atoms with Crippen LogP contribution in [0.1, 0.15) is 19.8 Å². The summed E-state index contributed by atoms with van der Waals surface area (Å²) in [6, 6.07) is 4.15. The van der Waals surface area contributed by atoms with E-state index in [1.165, 1.54) is 0 Å². The van der Waals surface area contributed by atoms with Gasteiger partial charge in [0.2, 0.25) is 5.91 Å². The van der Waals surface area contributed by atoms with Crippen molar-refractivity contribution >= 4 is 40.8 Å². The van der Waals surface area contributed by atoms with E-state index in [0.717, 1.165) is 0 Å². The standard InChI is InChI=1S/C13H16Cl2N2O3/c1-2-4-10(13(19)20)16-7-11(18)17-9-6-3-5-8(14)12(9)15/h3,5-6,10,16H,2,4,7H2,1H3,(H,17,18)(H,19,20). The van der Waals surface area contributed by atoms with Crippen LogP contribution in [-0.4, -0.2) is 29.6 Å². The molecule has 1 amide bonds. The average Bonchev–Trinajstić information content (AvgIpc) is 2.39. The Morgan fingerprint density at radius 3 is 2.65 bits per heavy atom. The Labute approximate surface area is 127 Å². The van der Waals surface area contributed by atoms with Gasteiger partial charge in [-0.2, -0.15) is 0 Å². The van der Waals surface area contributed by atoms with Crippen molar-refractivity contribution in [1.29, 1.82) is 0 Å². The van der Waals surface area contributed by atoms with E-state index in [1.807, 2.05) is 6.92 Å². The number of carboxylic acids is 1. The number of halogens is 2. The van der Waals surface area contributed by atoms with Crippen molar-refractivity contribution in [3.63, 3.8) is 0 Å². The molecule has 7 heteroatoms. The van der Waals surface area contributed by atoms with Gasteiger partial charge in [-0.3, -0.25) is 14.9 Å². The number of hydrogen-bond donors (Lipinski definition) is 3. The molecule has 0 saturated carbocycles. The van der Waals surface area contributed by atoms with Crippen molar-refractivity contribution in [1.82, 2.24) is 5.32 Å². The minimum absolute atomic E-state index is 0.111. The van der Waals surface area contributed by atoms with E-state index in [4.69, 9.17) is 28.3 Å². The van der Waals surface area contributed by atoms with E-state index in [9.17, 15) is 9.59 Å². The highest BCUT2D eigenvalue weighted by Crippen LogP contribution is 2.29. The Balaban J connectivity index is 2.55. The van der Waals surface area contributed by atoms with Gasteiger partial charge >= 0.3 is 5.97 Å². The van der Waals surface area contributed by atoms with Crippen molar-refractivity contribution in [2.24, 2.45) is 0 Å². The highest BCUT2D eigenvalue weighted by Gasteiger charge is 2.17. The van der Waals surface area contributed by atoms with Crippen LogP contribution < -0.4 is 10.6 Å². The number of carboxylic acid groups (broad SMARTS) is 1. The van der Waals surface area contributed by atoms with Gasteiger partial charge in [-0.15, -0.1) is 0 Å². The molecule has 3 N–H and O–H groups in total. The predicted octanol–water partition coefficient (Wildman–Crippen LogP) is 2.77. The molecule has 5 nitrogen and oxygen atoms in total. The van der Waals surface area contributed by atoms with Crippen LogP contribution in [0.25, 0.3) is 0 Å². The number of benzene rings is 1. The van der Waals surface area contributed by atoms with Crippen LogP contribution in [0, 0.1) is 0 Å². The molecule has 0 aliphatic heterocycles. The Morgan fingerprint density at radius 2 is 2.05 bits per heavy atom. The van der Waals surface area contributed by atoms with Gasteiger partial charge in [-0.25, -0.2) is 0 Å². The molecule has 0 aliphatic carbocycles. The molecule has 0 bridgehead atoms. The zero-order chi connectivity index (χ0) is 15.1. The van der Waals surface area contributed by atoms with Crippen LogP contribution in [0.4, 0.5) is 5.69 Å². The zero-order valence-electron chi connectivity index (χ0n) is 11.0. The molecule has 0 heterocycles. The second-order valence-corrected chi connectivity index (χ2v) is 5.00. The number of aliphatic carboxylic acids is 1. The Morgan fingerprint density at radius 1 is 1.35 bits per heavy atom. The average molecular weight is 319 g/mol. The first-order valence-electron chi connectivity index (χ1n) is 6.15. The number of carbonyl (C=O) groups is 2. The second-order valence-electron chi connectivity index (χ2n) is 4.21. The third-order valence-corrected chi connectivity index (χ3v) is 3.43. The van der Waals surface area contributed by atoms with E-state index < -0.39 is 12.0 Å². The summed E-state index contributed by atoms with van der Waals surface area (Å²) in [4.78, 5) is 22.7. The maximum absolute atomic E-state index is 11.7. The van der Waals surface area contributed by atoms with Crippen LogP contribution in [0.2, 0.25) is 10.0 Å². The van der Waals surface area contributed by atoms with Gasteiger partial charge in [0.1, 0.15) is 6.04 Å². The molecule has 0 radical (unpaired) electrons. The molecule has 110 valence electrons. The van der Waals surface area contributed by atoms with Crippen LogP contribution in [0.15, 0.2) is 18.2 Å². The first-order chi connectivity index (χ1) is 9.45. The number of nitrogens with one attached hydrogen (secondary N) is 2. The molecule has 1 aromatic carbocycles. The molecule has 1 aromatic rings. The number of rotatable bonds is 7. The van der Waals surface area contributed by atoms with E-state index >= 15 is 0 Å². The third kappa shape index (κ3) is 5.00. The maximum Gasteiger partial charge on any atom is 0.320 e. The maximum atomic E-state index is 11.7. The molecule has 1 rings (SSSR count). The topological polar surface area (TPSA) is 78.4 Å². The summed E-state index contributed by atoms with van der Waals surface area (Å²) < 4.78 is 0. The Kier molecular flexibility index (Phi) is 6.78. The van der Waals surface area contributed by atoms with Crippen molar-refractivity contribution in [3.05, 3.63) is 28.2 Å². The number of amides is 1. The summed E-state index contributed by atoms with van der Waals surface area (Å²) >= 11 is 11.8.